The number of aromatic nitrogens is 3. The minimum atomic E-state index is 0. The van der Waals surface area contributed by atoms with E-state index >= 15 is 0 Å². The van der Waals surface area contributed by atoms with E-state index in [2.05, 4.69) is 52.5 Å². The first-order valence-corrected chi connectivity index (χ1v) is 8.91. The van der Waals surface area contributed by atoms with Crippen molar-refractivity contribution in [1.82, 2.24) is 25.4 Å². The summed E-state index contributed by atoms with van der Waals surface area (Å²) in [6.07, 6.45) is 2.72. The third-order valence-electron chi connectivity index (χ3n) is 4.51. The van der Waals surface area contributed by atoms with Crippen molar-refractivity contribution in [3.63, 3.8) is 0 Å². The molecule has 2 aromatic heterocycles. The van der Waals surface area contributed by atoms with Gasteiger partial charge in [-0.15, -0.1) is 24.0 Å². The maximum Gasteiger partial charge on any atom is 0.191 e. The number of hydrogen-bond acceptors (Lipinski definition) is 4. The summed E-state index contributed by atoms with van der Waals surface area (Å²) in [4.78, 5) is 10.8. The van der Waals surface area contributed by atoms with Crippen LogP contribution < -0.4 is 15.5 Å². The van der Waals surface area contributed by atoms with Gasteiger partial charge in [-0.05, 0) is 38.8 Å². The summed E-state index contributed by atoms with van der Waals surface area (Å²) in [6.45, 7) is 7.00. The molecule has 2 heterocycles. The highest BCUT2D eigenvalue weighted by Crippen LogP contribution is 2.15. The quantitative estimate of drug-likeness (QED) is 0.374. The fraction of sp³-hybridized carbons (Fsp3) is 0.526. The van der Waals surface area contributed by atoms with Crippen LogP contribution in [0.15, 0.2) is 23.3 Å². The summed E-state index contributed by atoms with van der Waals surface area (Å²) in [5, 5.41) is 11.3. The van der Waals surface area contributed by atoms with E-state index in [1.54, 1.807) is 7.05 Å². The number of guanidine groups is 1. The van der Waals surface area contributed by atoms with Crippen LogP contribution in [0.2, 0.25) is 0 Å². The zero-order valence-corrected chi connectivity index (χ0v) is 19.7. The van der Waals surface area contributed by atoms with Gasteiger partial charge in [-0.25, -0.2) is 4.98 Å². The molecule has 0 amide bonds. The first-order valence-electron chi connectivity index (χ1n) is 8.91. The van der Waals surface area contributed by atoms with Gasteiger partial charge in [0.15, 0.2) is 5.96 Å². The van der Waals surface area contributed by atoms with Crippen molar-refractivity contribution < 1.29 is 0 Å². The second-order valence-corrected chi connectivity index (χ2v) is 6.83. The Bertz CT molecular complexity index is 767. The topological polar surface area (TPSA) is 70.4 Å². The summed E-state index contributed by atoms with van der Waals surface area (Å²) >= 11 is 0. The summed E-state index contributed by atoms with van der Waals surface area (Å²) < 4.78 is 1.94. The van der Waals surface area contributed by atoms with Crippen LogP contribution in [-0.2, 0) is 20.0 Å². The van der Waals surface area contributed by atoms with Crippen LogP contribution in [0.3, 0.4) is 0 Å². The second kappa shape index (κ2) is 10.5. The zero-order chi connectivity index (χ0) is 19.3. The third kappa shape index (κ3) is 6.08. The molecule has 0 fully saturated rings. The number of halogens is 1. The molecule has 0 radical (unpaired) electrons. The van der Waals surface area contributed by atoms with E-state index in [4.69, 9.17) is 0 Å². The van der Waals surface area contributed by atoms with Crippen molar-refractivity contribution in [3.8, 4) is 0 Å². The summed E-state index contributed by atoms with van der Waals surface area (Å²) in [5.41, 5.74) is 4.73. The molecule has 2 N–H and O–H groups in total. The lowest BCUT2D eigenvalue weighted by atomic mass is 10.1. The average Bonchev–Trinajstić information content (AvgIpc) is 2.84. The van der Waals surface area contributed by atoms with Crippen molar-refractivity contribution in [2.75, 3.05) is 26.0 Å². The Morgan fingerprint density at radius 2 is 2.04 bits per heavy atom. The van der Waals surface area contributed by atoms with E-state index in [0.717, 1.165) is 29.5 Å². The fourth-order valence-electron chi connectivity index (χ4n) is 3.05. The highest BCUT2D eigenvalue weighted by molar-refractivity contribution is 14.0. The highest BCUT2D eigenvalue weighted by Gasteiger charge is 2.14. The van der Waals surface area contributed by atoms with Gasteiger partial charge in [0.05, 0.1) is 5.69 Å². The maximum atomic E-state index is 4.50. The van der Waals surface area contributed by atoms with Gasteiger partial charge in [-0.2, -0.15) is 5.10 Å². The normalized spacial score (nSPS) is 12.3. The van der Waals surface area contributed by atoms with E-state index < -0.39 is 0 Å². The minimum absolute atomic E-state index is 0. The smallest absolute Gasteiger partial charge is 0.191 e. The van der Waals surface area contributed by atoms with Crippen LogP contribution in [0, 0.1) is 13.8 Å². The molecule has 7 nitrogen and oxygen atoms in total. The molecular formula is C19H32IN7. The molecular weight excluding hydrogens is 453 g/mol. The van der Waals surface area contributed by atoms with Gasteiger partial charge in [0.1, 0.15) is 5.82 Å². The van der Waals surface area contributed by atoms with Gasteiger partial charge in [0, 0.05) is 58.2 Å². The lowest BCUT2D eigenvalue weighted by Crippen LogP contribution is -2.43. The van der Waals surface area contributed by atoms with Crippen molar-refractivity contribution >= 4 is 35.8 Å². The molecule has 27 heavy (non-hydrogen) atoms. The Hall–Kier alpha value is -1.84. The fourth-order valence-corrected chi connectivity index (χ4v) is 3.05. The molecule has 150 valence electrons. The third-order valence-corrected chi connectivity index (χ3v) is 4.51. The van der Waals surface area contributed by atoms with E-state index in [0.29, 0.717) is 6.54 Å². The number of anilines is 1. The van der Waals surface area contributed by atoms with Gasteiger partial charge in [-0.1, -0.05) is 6.07 Å². The molecule has 0 saturated carbocycles. The Morgan fingerprint density at radius 1 is 1.33 bits per heavy atom. The molecule has 8 heteroatoms. The van der Waals surface area contributed by atoms with Gasteiger partial charge in [-0.3, -0.25) is 9.67 Å². The molecule has 2 rings (SSSR count). The number of nitrogens with one attached hydrogen (secondary N) is 2. The molecule has 2 aromatic rings. The van der Waals surface area contributed by atoms with Gasteiger partial charge >= 0.3 is 0 Å². The van der Waals surface area contributed by atoms with E-state index in [9.17, 15) is 0 Å². The Labute approximate surface area is 179 Å². The molecule has 0 aliphatic heterocycles. The lowest BCUT2D eigenvalue weighted by molar-refractivity contribution is 0.635. The van der Waals surface area contributed by atoms with E-state index in [1.165, 1.54) is 11.3 Å². The molecule has 1 atom stereocenters. The maximum absolute atomic E-state index is 4.50. The number of hydrogen-bond donors (Lipinski definition) is 2. The van der Waals surface area contributed by atoms with Crippen LogP contribution in [-0.4, -0.2) is 47.9 Å². The average molecular weight is 485 g/mol. The van der Waals surface area contributed by atoms with Crippen LogP contribution in [0.5, 0.6) is 0 Å². The van der Waals surface area contributed by atoms with E-state index in [1.807, 2.05) is 43.0 Å². The first kappa shape index (κ1) is 23.2. The zero-order valence-electron chi connectivity index (χ0n) is 17.4. The summed E-state index contributed by atoms with van der Waals surface area (Å²) in [7, 11) is 7.78. The Kier molecular flexibility index (Phi) is 9.01. The van der Waals surface area contributed by atoms with Crippen molar-refractivity contribution in [2.45, 2.75) is 39.8 Å². The number of rotatable bonds is 6. The molecule has 0 aliphatic carbocycles. The number of pyridine rings is 1. The van der Waals surface area contributed by atoms with Gasteiger partial charge in [0.25, 0.3) is 0 Å². The number of aryl methyl sites for hydroxylation is 2. The predicted octanol–water partition coefficient (Wildman–Crippen LogP) is 2.41. The van der Waals surface area contributed by atoms with Crippen LogP contribution in [0.25, 0.3) is 0 Å². The summed E-state index contributed by atoms with van der Waals surface area (Å²) in [6, 6.07) is 4.27. The van der Waals surface area contributed by atoms with Gasteiger partial charge < -0.3 is 15.5 Å². The molecule has 1 unspecified atom stereocenters. The second-order valence-electron chi connectivity index (χ2n) is 6.83. The molecule has 0 spiro atoms. The Balaban J connectivity index is 0.00000364. The van der Waals surface area contributed by atoms with E-state index in [-0.39, 0.29) is 30.0 Å². The minimum Gasteiger partial charge on any atom is -0.362 e. The SMILES string of the molecule is CN=C(NCc1cccnc1N(C)C)NC(C)Cc1c(C)nn(C)c1C.I. The number of aliphatic imine (C=N–C) groups is 1. The number of nitrogens with zero attached hydrogens (tertiary/aromatic N) is 5. The van der Waals surface area contributed by atoms with Gasteiger partial charge in [0.2, 0.25) is 0 Å². The summed E-state index contributed by atoms with van der Waals surface area (Å²) in [5.74, 6) is 1.75. The van der Waals surface area contributed by atoms with Crippen molar-refractivity contribution in [3.05, 3.63) is 40.8 Å². The largest absolute Gasteiger partial charge is 0.362 e. The lowest BCUT2D eigenvalue weighted by Gasteiger charge is -2.20. The Morgan fingerprint density at radius 3 is 2.59 bits per heavy atom. The van der Waals surface area contributed by atoms with Crippen LogP contribution in [0.4, 0.5) is 5.82 Å². The van der Waals surface area contributed by atoms with Crippen LogP contribution >= 0.6 is 24.0 Å². The molecule has 0 saturated heterocycles. The standard InChI is InChI=1S/C19H31N7.HI/c1-13(11-17-14(2)24-26(7)15(17)3)23-19(20-4)22-12-16-9-8-10-21-18(16)25(5)6;/h8-10,13H,11-12H2,1-7H3,(H2,20,22,23);1H. The van der Waals surface area contributed by atoms with Crippen molar-refractivity contribution in [1.29, 1.82) is 0 Å². The highest BCUT2D eigenvalue weighted by atomic mass is 127. The van der Waals surface area contributed by atoms with Crippen LogP contribution in [0.1, 0.15) is 29.4 Å². The predicted molar refractivity (Wildman–Crippen MR) is 123 cm³/mol. The monoisotopic (exact) mass is 485 g/mol. The van der Waals surface area contributed by atoms with Crippen molar-refractivity contribution in [2.24, 2.45) is 12.0 Å². The molecule has 0 aliphatic rings. The molecule has 0 bridgehead atoms. The first-order chi connectivity index (χ1) is 12.3. The molecule has 0 aromatic carbocycles.